The Hall–Kier alpha value is -2.71. The van der Waals surface area contributed by atoms with Crippen molar-refractivity contribution >= 4 is 10.9 Å². The maximum Gasteiger partial charge on any atom is 0.266 e. The van der Waals surface area contributed by atoms with Gasteiger partial charge in [-0.15, -0.1) is 0 Å². The molecule has 0 saturated carbocycles. The highest BCUT2D eigenvalue weighted by Gasteiger charge is 2.37. The number of hydrogen-bond acceptors (Lipinski definition) is 4. The first-order valence-electron chi connectivity index (χ1n) is 10.4. The van der Waals surface area contributed by atoms with Crippen LogP contribution < -0.4 is 11.3 Å². The summed E-state index contributed by atoms with van der Waals surface area (Å²) in [6, 6.07) is 11.3. The highest BCUT2D eigenvalue weighted by molar-refractivity contribution is 5.82. The van der Waals surface area contributed by atoms with Gasteiger partial charge in [0.2, 0.25) is 0 Å². The third-order valence-corrected chi connectivity index (χ3v) is 5.68. The van der Waals surface area contributed by atoms with Crippen molar-refractivity contribution in [1.82, 2.24) is 14.5 Å². The number of alkyl halides is 2. The highest BCUT2D eigenvalue weighted by atomic mass is 19.3. The highest BCUT2D eigenvalue weighted by Crippen LogP contribution is 2.27. The SMILES string of the molecule is C[C@H](N)c1nc2c(F)ccc(CCCN3CCC(F)(F)C3)c2c(=O)n1-c1ccccc1. The number of aromatic nitrogens is 2. The number of nitrogens with zero attached hydrogens (tertiary/aromatic N) is 3. The second kappa shape index (κ2) is 8.43. The summed E-state index contributed by atoms with van der Waals surface area (Å²) < 4.78 is 42.9. The van der Waals surface area contributed by atoms with E-state index in [1.165, 1.54) is 10.6 Å². The van der Waals surface area contributed by atoms with Crippen LogP contribution in [-0.2, 0) is 6.42 Å². The summed E-state index contributed by atoms with van der Waals surface area (Å²) in [6.07, 6.45) is 0.914. The van der Waals surface area contributed by atoms with Crippen molar-refractivity contribution in [3.05, 3.63) is 70.0 Å². The summed E-state index contributed by atoms with van der Waals surface area (Å²) in [7, 11) is 0. The van der Waals surface area contributed by atoms with E-state index in [0.29, 0.717) is 37.2 Å². The number of nitrogens with two attached hydrogens (primary N) is 1. The lowest BCUT2D eigenvalue weighted by molar-refractivity contribution is 0.0122. The topological polar surface area (TPSA) is 64.2 Å². The molecule has 164 valence electrons. The maximum absolute atomic E-state index is 14.6. The fraction of sp³-hybridized carbons (Fsp3) is 0.391. The van der Waals surface area contributed by atoms with Crippen molar-refractivity contribution in [2.24, 2.45) is 5.73 Å². The molecule has 0 aliphatic carbocycles. The van der Waals surface area contributed by atoms with Crippen LogP contribution >= 0.6 is 0 Å². The van der Waals surface area contributed by atoms with Gasteiger partial charge in [0, 0.05) is 13.0 Å². The molecule has 1 fully saturated rings. The lowest BCUT2D eigenvalue weighted by Gasteiger charge is -2.18. The van der Waals surface area contributed by atoms with Crippen molar-refractivity contribution in [2.75, 3.05) is 19.6 Å². The van der Waals surface area contributed by atoms with Crippen molar-refractivity contribution in [2.45, 2.75) is 38.2 Å². The zero-order valence-corrected chi connectivity index (χ0v) is 17.3. The largest absolute Gasteiger partial charge is 0.322 e. The number of likely N-dealkylation sites (tertiary alicyclic amines) is 1. The molecule has 0 unspecified atom stereocenters. The van der Waals surface area contributed by atoms with Crippen LogP contribution in [-0.4, -0.2) is 40.0 Å². The van der Waals surface area contributed by atoms with Gasteiger partial charge in [0.25, 0.3) is 11.5 Å². The molecule has 8 heteroatoms. The molecule has 31 heavy (non-hydrogen) atoms. The van der Waals surface area contributed by atoms with E-state index in [9.17, 15) is 18.0 Å². The normalized spacial score (nSPS) is 17.3. The minimum atomic E-state index is -2.63. The minimum absolute atomic E-state index is 0.00492. The van der Waals surface area contributed by atoms with Gasteiger partial charge in [-0.2, -0.15) is 0 Å². The molecule has 1 saturated heterocycles. The van der Waals surface area contributed by atoms with Crippen LogP contribution in [0.1, 0.15) is 37.2 Å². The standard InChI is InChI=1S/C23H25F3N4O/c1-15(27)21-28-20-18(24)10-9-16(6-5-12-29-13-11-23(25,26)14-29)19(20)22(31)30(21)17-7-3-2-4-8-17/h2-4,7-10,15H,5-6,11-14,27H2,1H3/t15-/m0/s1. The summed E-state index contributed by atoms with van der Waals surface area (Å²) in [5.74, 6) is -2.94. The van der Waals surface area contributed by atoms with Gasteiger partial charge in [0.05, 0.1) is 23.7 Å². The van der Waals surface area contributed by atoms with Crippen LogP contribution in [0.5, 0.6) is 0 Å². The Labute approximate surface area is 178 Å². The van der Waals surface area contributed by atoms with Gasteiger partial charge in [0.15, 0.2) is 0 Å². The molecule has 4 rings (SSSR count). The number of fused-ring (bicyclic) bond motifs is 1. The van der Waals surface area contributed by atoms with Gasteiger partial charge in [-0.25, -0.2) is 18.2 Å². The molecule has 0 spiro atoms. The van der Waals surface area contributed by atoms with E-state index < -0.39 is 17.8 Å². The van der Waals surface area contributed by atoms with Crippen LogP contribution in [0.25, 0.3) is 16.6 Å². The molecule has 3 aromatic rings. The molecule has 1 atom stereocenters. The van der Waals surface area contributed by atoms with Gasteiger partial charge in [0.1, 0.15) is 17.2 Å². The third-order valence-electron chi connectivity index (χ3n) is 5.68. The quantitative estimate of drug-likeness (QED) is 0.646. The van der Waals surface area contributed by atoms with E-state index in [4.69, 9.17) is 5.73 Å². The van der Waals surface area contributed by atoms with Gasteiger partial charge in [-0.3, -0.25) is 14.3 Å². The molecule has 2 N–H and O–H groups in total. The predicted molar refractivity (Wildman–Crippen MR) is 114 cm³/mol. The molecular formula is C23H25F3N4O. The van der Waals surface area contributed by atoms with Crippen LogP contribution in [0.3, 0.4) is 0 Å². The number of rotatable bonds is 6. The second-order valence-corrected chi connectivity index (χ2v) is 8.15. The zero-order valence-electron chi connectivity index (χ0n) is 17.3. The van der Waals surface area contributed by atoms with Crippen molar-refractivity contribution < 1.29 is 13.2 Å². The molecule has 1 aliphatic heterocycles. The van der Waals surface area contributed by atoms with E-state index in [1.54, 1.807) is 42.2 Å². The summed E-state index contributed by atoms with van der Waals surface area (Å²) in [6.45, 7) is 2.31. The Balaban J connectivity index is 1.74. The van der Waals surface area contributed by atoms with Gasteiger partial charge in [-0.1, -0.05) is 24.3 Å². The number of halogens is 3. The average molecular weight is 430 g/mol. The van der Waals surface area contributed by atoms with Crippen molar-refractivity contribution in [3.8, 4) is 5.69 Å². The first-order valence-corrected chi connectivity index (χ1v) is 10.4. The molecule has 5 nitrogen and oxygen atoms in total. The van der Waals surface area contributed by atoms with Crippen LogP contribution in [0.2, 0.25) is 0 Å². The summed E-state index contributed by atoms with van der Waals surface area (Å²) in [4.78, 5) is 19.7. The van der Waals surface area contributed by atoms with E-state index in [1.807, 2.05) is 6.07 Å². The smallest absolute Gasteiger partial charge is 0.266 e. The maximum atomic E-state index is 14.6. The van der Waals surface area contributed by atoms with Gasteiger partial charge >= 0.3 is 0 Å². The first-order chi connectivity index (χ1) is 14.8. The Morgan fingerprint density at radius 2 is 1.94 bits per heavy atom. The second-order valence-electron chi connectivity index (χ2n) is 8.15. The Kier molecular flexibility index (Phi) is 5.85. The lowest BCUT2D eigenvalue weighted by Crippen LogP contribution is -2.29. The lowest BCUT2D eigenvalue weighted by atomic mass is 10.0. The number of aryl methyl sites for hydroxylation is 1. The number of hydrogen-bond donors (Lipinski definition) is 1. The number of para-hydroxylation sites is 1. The summed E-state index contributed by atoms with van der Waals surface area (Å²) in [5.41, 5.74) is 6.93. The van der Waals surface area contributed by atoms with Crippen LogP contribution in [0, 0.1) is 5.82 Å². The zero-order chi connectivity index (χ0) is 22.2. The first kappa shape index (κ1) is 21.5. The van der Waals surface area contributed by atoms with Gasteiger partial charge in [-0.05, 0) is 50.1 Å². The Morgan fingerprint density at radius 1 is 1.19 bits per heavy atom. The summed E-state index contributed by atoms with van der Waals surface area (Å²) in [5, 5.41) is 0.208. The van der Waals surface area contributed by atoms with Gasteiger partial charge < -0.3 is 5.73 Å². The predicted octanol–water partition coefficient (Wildman–Crippen LogP) is 3.82. The minimum Gasteiger partial charge on any atom is -0.322 e. The van der Waals surface area contributed by atoms with Crippen LogP contribution in [0.15, 0.2) is 47.3 Å². The summed E-state index contributed by atoms with van der Waals surface area (Å²) >= 11 is 0. The Bertz CT molecular complexity index is 1150. The molecular weight excluding hydrogens is 405 g/mol. The van der Waals surface area contributed by atoms with Crippen molar-refractivity contribution in [3.63, 3.8) is 0 Å². The third kappa shape index (κ3) is 4.36. The van der Waals surface area contributed by atoms with E-state index in [2.05, 4.69) is 4.98 Å². The Morgan fingerprint density at radius 3 is 2.58 bits per heavy atom. The average Bonchev–Trinajstić information content (AvgIpc) is 3.08. The molecule has 0 amide bonds. The molecule has 1 aliphatic rings. The number of benzene rings is 2. The fourth-order valence-electron chi connectivity index (χ4n) is 4.17. The molecule has 2 heterocycles. The molecule has 2 aromatic carbocycles. The van der Waals surface area contributed by atoms with Crippen molar-refractivity contribution in [1.29, 1.82) is 0 Å². The van der Waals surface area contributed by atoms with E-state index in [0.717, 1.165) is 0 Å². The van der Waals surface area contributed by atoms with E-state index in [-0.39, 0.29) is 35.3 Å². The molecule has 0 bridgehead atoms. The molecule has 1 aromatic heterocycles. The fourth-order valence-corrected chi connectivity index (χ4v) is 4.17. The monoisotopic (exact) mass is 430 g/mol. The molecule has 0 radical (unpaired) electrons. The van der Waals surface area contributed by atoms with Crippen LogP contribution in [0.4, 0.5) is 13.2 Å². The van der Waals surface area contributed by atoms with E-state index >= 15 is 0 Å².